The van der Waals surface area contributed by atoms with Gasteiger partial charge in [0, 0.05) is 31.0 Å². The van der Waals surface area contributed by atoms with Gasteiger partial charge in [-0.15, -0.1) is 0 Å². The van der Waals surface area contributed by atoms with E-state index in [0.29, 0.717) is 18.5 Å². The number of nitrogen functional groups attached to an aromatic ring is 1. The summed E-state index contributed by atoms with van der Waals surface area (Å²) in [6.07, 6.45) is 9.95. The lowest BCUT2D eigenvalue weighted by Crippen LogP contribution is -2.43. The van der Waals surface area contributed by atoms with Crippen molar-refractivity contribution < 1.29 is 9.47 Å². The summed E-state index contributed by atoms with van der Waals surface area (Å²) in [6, 6.07) is 8.72. The average Bonchev–Trinajstić information content (AvgIpc) is 3.39. The molecule has 7 heteroatoms. The molecule has 32 heavy (non-hydrogen) atoms. The van der Waals surface area contributed by atoms with Crippen LogP contribution in [0.15, 0.2) is 36.8 Å². The van der Waals surface area contributed by atoms with Crippen molar-refractivity contribution in [3.05, 3.63) is 36.8 Å². The van der Waals surface area contributed by atoms with Gasteiger partial charge in [-0.2, -0.15) is 0 Å². The zero-order valence-electron chi connectivity index (χ0n) is 18.4. The number of anilines is 1. The molecule has 3 aromatic rings. The van der Waals surface area contributed by atoms with Gasteiger partial charge < -0.3 is 24.7 Å². The number of hydrogen-bond donors (Lipinski definition) is 1. The molecule has 2 aliphatic heterocycles. The van der Waals surface area contributed by atoms with Crippen LogP contribution in [0.3, 0.4) is 0 Å². The summed E-state index contributed by atoms with van der Waals surface area (Å²) in [5.41, 5.74) is 9.44. The molecule has 1 aliphatic carbocycles. The Bertz CT molecular complexity index is 1100. The van der Waals surface area contributed by atoms with Gasteiger partial charge >= 0.3 is 0 Å². The van der Waals surface area contributed by atoms with E-state index in [0.717, 1.165) is 53.3 Å². The Hall–Kier alpha value is -2.64. The molecule has 168 valence electrons. The summed E-state index contributed by atoms with van der Waals surface area (Å²) in [7, 11) is 0. The fourth-order valence-electron chi connectivity index (χ4n) is 5.33. The van der Waals surface area contributed by atoms with Crippen molar-refractivity contribution in [1.82, 2.24) is 19.4 Å². The number of fused-ring (bicyclic) bond motifs is 1. The first-order chi connectivity index (χ1) is 15.7. The van der Waals surface area contributed by atoms with Gasteiger partial charge in [0.15, 0.2) is 0 Å². The quantitative estimate of drug-likeness (QED) is 0.609. The van der Waals surface area contributed by atoms with Crippen molar-refractivity contribution in [2.24, 2.45) is 5.92 Å². The minimum absolute atomic E-state index is 0.201. The summed E-state index contributed by atoms with van der Waals surface area (Å²) in [5, 5.41) is 0.940. The summed E-state index contributed by atoms with van der Waals surface area (Å²) in [4.78, 5) is 11.5. The minimum Gasteiger partial charge on any atom is -0.491 e. The van der Waals surface area contributed by atoms with E-state index in [1.165, 1.54) is 38.9 Å². The van der Waals surface area contributed by atoms with Gasteiger partial charge in [0.1, 0.15) is 30.1 Å². The van der Waals surface area contributed by atoms with Crippen LogP contribution < -0.4 is 10.5 Å². The van der Waals surface area contributed by atoms with Gasteiger partial charge in [-0.25, -0.2) is 9.97 Å². The molecule has 4 heterocycles. The highest BCUT2D eigenvalue weighted by atomic mass is 16.5. The first-order valence-corrected chi connectivity index (χ1v) is 11.9. The molecule has 0 amide bonds. The highest BCUT2D eigenvalue weighted by Crippen LogP contribution is 2.43. The SMILES string of the molecule is Nc1ncnc2c1c(-c1cccc(OC[C@@H]3CCCO3)c1)cn2C1CC(CN2CCC2)C1. The smallest absolute Gasteiger partial charge is 0.146 e. The average molecular weight is 434 g/mol. The number of nitrogens with two attached hydrogens (primary N) is 1. The summed E-state index contributed by atoms with van der Waals surface area (Å²) < 4.78 is 14.1. The fourth-order valence-corrected chi connectivity index (χ4v) is 5.33. The number of hydrogen-bond acceptors (Lipinski definition) is 6. The maximum atomic E-state index is 6.35. The molecule has 1 saturated carbocycles. The lowest BCUT2D eigenvalue weighted by Gasteiger charge is -2.42. The molecule has 1 aromatic carbocycles. The molecule has 3 aliphatic rings. The Labute approximate surface area is 188 Å². The zero-order valence-corrected chi connectivity index (χ0v) is 18.4. The van der Waals surface area contributed by atoms with Crippen LogP contribution in [-0.4, -0.2) is 58.4 Å². The van der Waals surface area contributed by atoms with E-state index in [1.54, 1.807) is 6.33 Å². The second-order valence-electron chi connectivity index (χ2n) is 9.53. The molecule has 2 aromatic heterocycles. The van der Waals surface area contributed by atoms with Gasteiger partial charge in [-0.3, -0.25) is 0 Å². The summed E-state index contributed by atoms with van der Waals surface area (Å²) >= 11 is 0. The predicted octanol–water partition coefficient (Wildman–Crippen LogP) is 3.90. The molecule has 2 saturated heterocycles. The van der Waals surface area contributed by atoms with Crippen LogP contribution in [0.25, 0.3) is 22.2 Å². The summed E-state index contributed by atoms with van der Waals surface area (Å²) in [5.74, 6) is 2.17. The lowest BCUT2D eigenvalue weighted by molar-refractivity contribution is 0.0680. The normalized spacial score (nSPS) is 25.6. The van der Waals surface area contributed by atoms with Gasteiger partial charge in [-0.1, -0.05) is 12.1 Å². The third kappa shape index (κ3) is 3.73. The van der Waals surface area contributed by atoms with Crippen LogP contribution in [0, 0.1) is 5.92 Å². The van der Waals surface area contributed by atoms with Gasteiger partial charge in [0.05, 0.1) is 11.5 Å². The van der Waals surface area contributed by atoms with E-state index < -0.39 is 0 Å². The van der Waals surface area contributed by atoms with E-state index in [4.69, 9.17) is 15.2 Å². The molecular weight excluding hydrogens is 402 g/mol. The van der Waals surface area contributed by atoms with E-state index in [1.807, 2.05) is 12.1 Å². The molecule has 1 atom stereocenters. The van der Waals surface area contributed by atoms with E-state index >= 15 is 0 Å². The predicted molar refractivity (Wildman–Crippen MR) is 125 cm³/mol. The fraction of sp³-hybridized carbons (Fsp3) is 0.520. The largest absolute Gasteiger partial charge is 0.491 e. The molecule has 3 fully saturated rings. The molecule has 0 spiro atoms. The Morgan fingerprint density at radius 2 is 2.06 bits per heavy atom. The topological polar surface area (TPSA) is 78.4 Å². The molecule has 6 rings (SSSR count). The molecular formula is C25H31N5O2. The highest BCUT2D eigenvalue weighted by molar-refractivity contribution is 6.00. The zero-order chi connectivity index (χ0) is 21.5. The van der Waals surface area contributed by atoms with Crippen LogP contribution in [-0.2, 0) is 4.74 Å². The Balaban J connectivity index is 1.26. The highest BCUT2D eigenvalue weighted by Gasteiger charge is 2.34. The van der Waals surface area contributed by atoms with Crippen molar-refractivity contribution in [3.8, 4) is 16.9 Å². The number of nitrogens with zero attached hydrogens (tertiary/aromatic N) is 4. The van der Waals surface area contributed by atoms with Crippen molar-refractivity contribution in [2.45, 2.75) is 44.2 Å². The van der Waals surface area contributed by atoms with Gasteiger partial charge in [0.2, 0.25) is 0 Å². The molecule has 0 unspecified atom stereocenters. The van der Waals surface area contributed by atoms with Crippen molar-refractivity contribution >= 4 is 16.9 Å². The Kier molecular flexibility index (Phi) is 5.23. The number of ether oxygens (including phenoxy) is 2. The number of likely N-dealkylation sites (tertiary alicyclic amines) is 1. The van der Waals surface area contributed by atoms with Gasteiger partial charge in [0.25, 0.3) is 0 Å². The lowest BCUT2D eigenvalue weighted by atomic mass is 9.79. The molecule has 0 radical (unpaired) electrons. The van der Waals surface area contributed by atoms with Crippen LogP contribution >= 0.6 is 0 Å². The molecule has 2 N–H and O–H groups in total. The molecule has 7 nitrogen and oxygen atoms in total. The number of benzene rings is 1. The first-order valence-electron chi connectivity index (χ1n) is 11.9. The van der Waals surface area contributed by atoms with E-state index in [-0.39, 0.29) is 6.10 Å². The Morgan fingerprint density at radius 3 is 2.84 bits per heavy atom. The third-order valence-corrected chi connectivity index (χ3v) is 7.31. The van der Waals surface area contributed by atoms with Crippen LogP contribution in [0.1, 0.15) is 38.1 Å². The summed E-state index contributed by atoms with van der Waals surface area (Å²) in [6.45, 7) is 5.22. The standard InChI is InChI=1S/C25H31N5O2/c26-24-23-22(18-4-1-5-20(12-18)32-15-21-6-2-9-31-21)14-30(25(23)28-16-27-24)19-10-17(11-19)13-29-7-3-8-29/h1,4-5,12,14,16-17,19,21H,2-3,6-11,13,15H2,(H2,26,27,28)/t17?,19?,21-/m0/s1. The van der Waals surface area contributed by atoms with Crippen molar-refractivity contribution in [2.75, 3.05) is 38.6 Å². The van der Waals surface area contributed by atoms with Crippen LogP contribution in [0.4, 0.5) is 5.82 Å². The minimum atomic E-state index is 0.201. The van der Waals surface area contributed by atoms with Crippen molar-refractivity contribution in [3.63, 3.8) is 0 Å². The number of rotatable bonds is 7. The monoisotopic (exact) mass is 433 g/mol. The maximum Gasteiger partial charge on any atom is 0.146 e. The second-order valence-corrected chi connectivity index (χ2v) is 9.53. The van der Waals surface area contributed by atoms with Gasteiger partial charge in [-0.05, 0) is 68.8 Å². The third-order valence-electron chi connectivity index (χ3n) is 7.31. The second kappa shape index (κ2) is 8.37. The van der Waals surface area contributed by atoms with E-state index in [2.05, 4.69) is 37.8 Å². The van der Waals surface area contributed by atoms with E-state index in [9.17, 15) is 0 Å². The Morgan fingerprint density at radius 1 is 1.16 bits per heavy atom. The molecule has 0 bridgehead atoms. The van der Waals surface area contributed by atoms with Crippen LogP contribution in [0.2, 0.25) is 0 Å². The number of aromatic nitrogens is 3. The van der Waals surface area contributed by atoms with Crippen LogP contribution in [0.5, 0.6) is 5.75 Å². The first kappa shape index (κ1) is 20.0. The van der Waals surface area contributed by atoms with Crippen molar-refractivity contribution in [1.29, 1.82) is 0 Å². The maximum absolute atomic E-state index is 6.35.